The second kappa shape index (κ2) is 4.90. The first-order chi connectivity index (χ1) is 9.79. The van der Waals surface area contributed by atoms with Crippen molar-refractivity contribution >= 4 is 16.5 Å². The van der Waals surface area contributed by atoms with Gasteiger partial charge in [0.15, 0.2) is 0 Å². The summed E-state index contributed by atoms with van der Waals surface area (Å²) in [7, 11) is 0. The van der Waals surface area contributed by atoms with E-state index in [0.717, 1.165) is 10.8 Å². The number of nitrogens with zero attached hydrogens (tertiary/aromatic N) is 2. The first-order valence-electron chi connectivity index (χ1n) is 6.10. The lowest BCUT2D eigenvalue weighted by Crippen LogP contribution is -1.94. The molecule has 0 aliphatic heterocycles. The molecule has 0 amide bonds. The molecule has 0 aliphatic rings. The van der Waals surface area contributed by atoms with Crippen molar-refractivity contribution in [3.63, 3.8) is 0 Å². The van der Waals surface area contributed by atoms with Crippen molar-refractivity contribution in [3.8, 4) is 17.7 Å². The van der Waals surface area contributed by atoms with Gasteiger partial charge in [0.05, 0.1) is 0 Å². The molecule has 1 aromatic heterocycles. The number of nitrogens with two attached hydrogens (primary N) is 1. The molecule has 0 radical (unpaired) electrons. The van der Waals surface area contributed by atoms with E-state index < -0.39 is 0 Å². The molecule has 2 N–H and O–H groups in total. The van der Waals surface area contributed by atoms with Gasteiger partial charge in [-0.05, 0) is 24.3 Å². The minimum atomic E-state index is 0.296. The molecule has 4 heteroatoms. The highest BCUT2D eigenvalue weighted by molar-refractivity contribution is 5.97. The molecule has 0 fully saturated rings. The fourth-order valence-electron chi connectivity index (χ4n) is 2.05. The third kappa shape index (κ3) is 2.02. The standard InChI is InChI=1S/C16H11N3O/c17-10-11-4-3-9-19-16(11)20-15-8-7-14(18)12-5-1-2-6-13(12)15/h1-9H,18H2. The summed E-state index contributed by atoms with van der Waals surface area (Å²) in [4.78, 5) is 4.10. The van der Waals surface area contributed by atoms with Gasteiger partial charge in [-0.3, -0.25) is 0 Å². The number of hydrogen-bond acceptors (Lipinski definition) is 4. The van der Waals surface area contributed by atoms with Gasteiger partial charge in [-0.1, -0.05) is 24.3 Å². The Morgan fingerprint density at radius 2 is 1.80 bits per heavy atom. The number of pyridine rings is 1. The second-order valence-corrected chi connectivity index (χ2v) is 4.27. The Morgan fingerprint density at radius 3 is 2.60 bits per heavy atom. The van der Waals surface area contributed by atoms with E-state index in [1.165, 1.54) is 0 Å². The summed E-state index contributed by atoms with van der Waals surface area (Å²) in [5.74, 6) is 0.926. The molecule has 0 bridgehead atoms. The lowest BCUT2D eigenvalue weighted by atomic mass is 10.1. The maximum absolute atomic E-state index is 9.06. The van der Waals surface area contributed by atoms with Crippen LogP contribution in [0.25, 0.3) is 10.8 Å². The minimum Gasteiger partial charge on any atom is -0.437 e. The summed E-state index contributed by atoms with van der Waals surface area (Å²) >= 11 is 0. The third-order valence-corrected chi connectivity index (χ3v) is 3.02. The molecule has 3 rings (SSSR count). The summed E-state index contributed by atoms with van der Waals surface area (Å²) in [6.07, 6.45) is 1.59. The number of nitriles is 1. The molecule has 0 atom stereocenters. The largest absolute Gasteiger partial charge is 0.437 e. The van der Waals surface area contributed by atoms with E-state index in [2.05, 4.69) is 11.1 Å². The molecule has 0 saturated carbocycles. The molecular weight excluding hydrogens is 250 g/mol. The van der Waals surface area contributed by atoms with E-state index in [-0.39, 0.29) is 0 Å². The Labute approximate surface area is 116 Å². The van der Waals surface area contributed by atoms with Crippen LogP contribution in [0.4, 0.5) is 5.69 Å². The number of benzene rings is 2. The Bertz CT molecular complexity index is 821. The molecule has 2 aromatic carbocycles. The predicted octanol–water partition coefficient (Wildman–Crippen LogP) is 3.48. The zero-order chi connectivity index (χ0) is 13.9. The van der Waals surface area contributed by atoms with Gasteiger partial charge in [0, 0.05) is 22.7 Å². The van der Waals surface area contributed by atoms with E-state index in [0.29, 0.717) is 22.9 Å². The van der Waals surface area contributed by atoms with Gasteiger partial charge in [0.1, 0.15) is 17.4 Å². The van der Waals surface area contributed by atoms with Crippen LogP contribution in [0.2, 0.25) is 0 Å². The van der Waals surface area contributed by atoms with Crippen molar-refractivity contribution in [2.24, 2.45) is 0 Å². The zero-order valence-electron chi connectivity index (χ0n) is 10.6. The quantitative estimate of drug-likeness (QED) is 0.717. The predicted molar refractivity (Wildman–Crippen MR) is 77.4 cm³/mol. The molecule has 20 heavy (non-hydrogen) atoms. The number of aromatic nitrogens is 1. The van der Waals surface area contributed by atoms with E-state index in [9.17, 15) is 0 Å². The number of nitrogen functional groups attached to an aromatic ring is 1. The molecule has 4 nitrogen and oxygen atoms in total. The fraction of sp³-hybridized carbons (Fsp3) is 0. The zero-order valence-corrected chi connectivity index (χ0v) is 10.6. The average Bonchev–Trinajstić information content (AvgIpc) is 2.51. The Morgan fingerprint density at radius 1 is 1.00 bits per heavy atom. The lowest BCUT2D eigenvalue weighted by Gasteiger charge is -2.10. The Kier molecular flexibility index (Phi) is 2.94. The van der Waals surface area contributed by atoms with Crippen molar-refractivity contribution in [1.29, 1.82) is 5.26 Å². The molecule has 96 valence electrons. The van der Waals surface area contributed by atoms with Crippen molar-refractivity contribution in [3.05, 3.63) is 60.3 Å². The molecule has 0 saturated heterocycles. The summed E-state index contributed by atoms with van der Waals surface area (Å²) in [6, 6.07) is 16.7. The average molecular weight is 261 g/mol. The molecule has 0 aliphatic carbocycles. The van der Waals surface area contributed by atoms with Crippen LogP contribution in [0.15, 0.2) is 54.7 Å². The van der Waals surface area contributed by atoms with Gasteiger partial charge in [0.25, 0.3) is 0 Å². The van der Waals surface area contributed by atoms with Gasteiger partial charge in [-0.2, -0.15) is 5.26 Å². The summed E-state index contributed by atoms with van der Waals surface area (Å²) < 4.78 is 5.78. The highest BCUT2D eigenvalue weighted by Gasteiger charge is 2.09. The molecule has 0 unspecified atom stereocenters. The number of rotatable bonds is 2. The minimum absolute atomic E-state index is 0.296. The van der Waals surface area contributed by atoms with Crippen LogP contribution in [0.3, 0.4) is 0 Å². The monoisotopic (exact) mass is 261 g/mol. The topological polar surface area (TPSA) is 71.9 Å². The number of fused-ring (bicyclic) bond motifs is 1. The molecule has 0 spiro atoms. The SMILES string of the molecule is N#Cc1cccnc1Oc1ccc(N)c2ccccc12. The van der Waals surface area contributed by atoms with Gasteiger partial charge in [-0.25, -0.2) is 4.98 Å². The van der Waals surface area contributed by atoms with E-state index in [1.54, 1.807) is 30.5 Å². The first-order valence-corrected chi connectivity index (χ1v) is 6.10. The van der Waals surface area contributed by atoms with Crippen LogP contribution in [-0.4, -0.2) is 4.98 Å². The van der Waals surface area contributed by atoms with Crippen LogP contribution in [0.1, 0.15) is 5.56 Å². The van der Waals surface area contributed by atoms with Crippen molar-refractivity contribution in [1.82, 2.24) is 4.98 Å². The van der Waals surface area contributed by atoms with Crippen LogP contribution >= 0.6 is 0 Å². The first kappa shape index (κ1) is 12.0. The summed E-state index contributed by atoms with van der Waals surface area (Å²) in [6.45, 7) is 0. The van der Waals surface area contributed by atoms with Crippen LogP contribution in [0, 0.1) is 11.3 Å². The third-order valence-electron chi connectivity index (χ3n) is 3.02. The molecule has 3 aromatic rings. The van der Waals surface area contributed by atoms with Gasteiger partial charge < -0.3 is 10.5 Å². The van der Waals surface area contributed by atoms with Crippen LogP contribution < -0.4 is 10.5 Å². The van der Waals surface area contributed by atoms with Gasteiger partial charge in [0.2, 0.25) is 5.88 Å². The number of ether oxygens (including phenoxy) is 1. The highest BCUT2D eigenvalue weighted by atomic mass is 16.5. The lowest BCUT2D eigenvalue weighted by molar-refractivity contribution is 0.466. The molecule has 1 heterocycles. The van der Waals surface area contributed by atoms with E-state index in [4.69, 9.17) is 15.7 Å². The highest BCUT2D eigenvalue weighted by Crippen LogP contribution is 2.33. The number of hydrogen-bond donors (Lipinski definition) is 1. The number of anilines is 1. The Balaban J connectivity index is 2.12. The van der Waals surface area contributed by atoms with E-state index >= 15 is 0 Å². The van der Waals surface area contributed by atoms with Crippen molar-refractivity contribution < 1.29 is 4.74 Å². The normalized spacial score (nSPS) is 10.2. The summed E-state index contributed by atoms with van der Waals surface area (Å²) in [5, 5.41) is 10.9. The smallest absolute Gasteiger partial charge is 0.237 e. The van der Waals surface area contributed by atoms with E-state index in [1.807, 2.05) is 24.3 Å². The summed E-state index contributed by atoms with van der Waals surface area (Å²) in [5.41, 5.74) is 7.04. The van der Waals surface area contributed by atoms with Crippen LogP contribution in [-0.2, 0) is 0 Å². The maximum Gasteiger partial charge on any atom is 0.237 e. The fourth-order valence-corrected chi connectivity index (χ4v) is 2.05. The Hall–Kier alpha value is -3.06. The van der Waals surface area contributed by atoms with Crippen molar-refractivity contribution in [2.75, 3.05) is 5.73 Å². The maximum atomic E-state index is 9.06. The van der Waals surface area contributed by atoms with Gasteiger partial charge in [-0.15, -0.1) is 0 Å². The van der Waals surface area contributed by atoms with Crippen LogP contribution in [0.5, 0.6) is 11.6 Å². The second-order valence-electron chi connectivity index (χ2n) is 4.27. The van der Waals surface area contributed by atoms with Crippen molar-refractivity contribution in [2.45, 2.75) is 0 Å². The van der Waals surface area contributed by atoms with Gasteiger partial charge >= 0.3 is 0 Å². The molecular formula is C16H11N3O.